The van der Waals surface area contributed by atoms with Crippen molar-refractivity contribution in [2.24, 2.45) is 0 Å². The number of aromatic hydroxyl groups is 2. The van der Waals surface area contributed by atoms with Gasteiger partial charge in [-0.05, 0) is 68.9 Å². The summed E-state index contributed by atoms with van der Waals surface area (Å²) in [6, 6.07) is 8.43. The van der Waals surface area contributed by atoms with Crippen LogP contribution >= 0.6 is 0 Å². The monoisotopic (exact) mass is 442 g/mol. The largest absolute Gasteiger partial charge is 0.508 e. The highest BCUT2D eigenvalue weighted by atomic mass is 16.5. The van der Waals surface area contributed by atoms with Crippen molar-refractivity contribution in [1.29, 1.82) is 0 Å². The summed E-state index contributed by atoms with van der Waals surface area (Å²) in [7, 11) is 3.58. The molecule has 0 heterocycles. The van der Waals surface area contributed by atoms with E-state index in [1.165, 1.54) is 0 Å². The normalized spacial score (nSPS) is 26.4. The van der Waals surface area contributed by atoms with Crippen molar-refractivity contribution >= 4 is 10.8 Å². The SMILES string of the molecule is COC1CCC(NCc2ccc3c(CNC4CCC(OC)CC4)c(O)ccc3c2O)CC1. The molecule has 0 amide bonds. The van der Waals surface area contributed by atoms with Crippen LogP contribution in [0.25, 0.3) is 10.8 Å². The van der Waals surface area contributed by atoms with Gasteiger partial charge in [0.15, 0.2) is 0 Å². The Kier molecular flexibility index (Phi) is 7.89. The van der Waals surface area contributed by atoms with Crippen molar-refractivity contribution in [3.8, 4) is 11.5 Å². The summed E-state index contributed by atoms with van der Waals surface area (Å²) in [4.78, 5) is 0. The Morgan fingerprint density at radius 3 is 1.81 bits per heavy atom. The van der Waals surface area contributed by atoms with Crippen LogP contribution in [0, 0.1) is 0 Å². The van der Waals surface area contributed by atoms with Crippen molar-refractivity contribution in [2.45, 2.75) is 88.7 Å². The first-order valence-corrected chi connectivity index (χ1v) is 12.1. The summed E-state index contributed by atoms with van der Waals surface area (Å²) in [6.45, 7) is 1.23. The molecule has 0 aromatic heterocycles. The number of phenolic OH excluding ortho intramolecular Hbond substituents is 2. The Bertz CT molecular complexity index is 887. The van der Waals surface area contributed by atoms with Crippen LogP contribution in [0.1, 0.15) is 62.5 Å². The van der Waals surface area contributed by atoms with Crippen LogP contribution in [0.5, 0.6) is 11.5 Å². The number of nitrogens with one attached hydrogen (secondary N) is 2. The zero-order valence-electron chi connectivity index (χ0n) is 19.4. The molecule has 2 aromatic carbocycles. The van der Waals surface area contributed by atoms with E-state index in [2.05, 4.69) is 10.6 Å². The fourth-order valence-electron chi connectivity index (χ4n) is 5.32. The van der Waals surface area contributed by atoms with Crippen molar-refractivity contribution in [3.05, 3.63) is 35.4 Å². The summed E-state index contributed by atoms with van der Waals surface area (Å²) in [5.74, 6) is 0.582. The molecule has 6 nitrogen and oxygen atoms in total. The van der Waals surface area contributed by atoms with E-state index in [1.807, 2.05) is 18.2 Å². The molecule has 0 radical (unpaired) electrons. The van der Waals surface area contributed by atoms with Gasteiger partial charge in [0.1, 0.15) is 11.5 Å². The molecule has 0 spiro atoms. The van der Waals surface area contributed by atoms with Crippen LogP contribution in [0.3, 0.4) is 0 Å². The maximum absolute atomic E-state index is 11.0. The van der Waals surface area contributed by atoms with Gasteiger partial charge in [0.05, 0.1) is 12.2 Å². The van der Waals surface area contributed by atoms with Crippen LogP contribution < -0.4 is 10.6 Å². The number of methoxy groups -OCH3 is 2. The van der Waals surface area contributed by atoms with Crippen LogP contribution in [0.2, 0.25) is 0 Å². The smallest absolute Gasteiger partial charge is 0.127 e. The second-order valence-electron chi connectivity index (χ2n) is 9.41. The van der Waals surface area contributed by atoms with Gasteiger partial charge >= 0.3 is 0 Å². The average Bonchev–Trinajstić information content (AvgIpc) is 2.83. The predicted octanol–water partition coefficient (Wildman–Crippen LogP) is 4.35. The minimum absolute atomic E-state index is 0.274. The minimum Gasteiger partial charge on any atom is -0.508 e. The molecule has 2 saturated carbocycles. The van der Waals surface area contributed by atoms with Gasteiger partial charge in [0, 0.05) is 55.9 Å². The molecule has 0 atom stereocenters. The summed E-state index contributed by atoms with van der Waals surface area (Å²) in [5.41, 5.74) is 1.75. The predicted molar refractivity (Wildman–Crippen MR) is 127 cm³/mol. The van der Waals surface area contributed by atoms with E-state index in [-0.39, 0.29) is 5.75 Å². The van der Waals surface area contributed by atoms with E-state index in [0.29, 0.717) is 43.1 Å². The van der Waals surface area contributed by atoms with Crippen LogP contribution in [-0.2, 0) is 22.6 Å². The first-order chi connectivity index (χ1) is 15.6. The number of ether oxygens (including phenoxy) is 2. The summed E-state index contributed by atoms with van der Waals surface area (Å²) >= 11 is 0. The van der Waals surface area contributed by atoms with Gasteiger partial charge in [0.25, 0.3) is 0 Å². The maximum Gasteiger partial charge on any atom is 0.127 e. The fourth-order valence-corrected chi connectivity index (χ4v) is 5.32. The quantitative estimate of drug-likeness (QED) is 0.487. The van der Waals surface area contributed by atoms with E-state index in [4.69, 9.17) is 9.47 Å². The van der Waals surface area contributed by atoms with E-state index in [0.717, 1.165) is 73.3 Å². The van der Waals surface area contributed by atoms with Gasteiger partial charge in [-0.25, -0.2) is 0 Å². The zero-order chi connectivity index (χ0) is 22.5. The first-order valence-electron chi connectivity index (χ1n) is 12.1. The molecule has 176 valence electrons. The highest BCUT2D eigenvalue weighted by Crippen LogP contribution is 2.35. The zero-order valence-corrected chi connectivity index (χ0v) is 19.4. The van der Waals surface area contributed by atoms with Crippen molar-refractivity contribution < 1.29 is 19.7 Å². The molecular weight excluding hydrogens is 404 g/mol. The Morgan fingerprint density at radius 1 is 0.719 bits per heavy atom. The molecule has 0 saturated heterocycles. The molecular formula is C26H38N2O4. The van der Waals surface area contributed by atoms with E-state index >= 15 is 0 Å². The van der Waals surface area contributed by atoms with Gasteiger partial charge in [-0.15, -0.1) is 0 Å². The highest BCUT2D eigenvalue weighted by Gasteiger charge is 2.22. The van der Waals surface area contributed by atoms with Gasteiger partial charge in [0.2, 0.25) is 0 Å². The number of phenols is 2. The number of fused-ring (bicyclic) bond motifs is 1. The van der Waals surface area contributed by atoms with Crippen molar-refractivity contribution in [3.63, 3.8) is 0 Å². The molecule has 4 N–H and O–H groups in total. The van der Waals surface area contributed by atoms with Gasteiger partial charge in [-0.3, -0.25) is 0 Å². The Morgan fingerprint density at radius 2 is 1.25 bits per heavy atom. The second kappa shape index (κ2) is 10.8. The molecule has 0 aliphatic heterocycles. The highest BCUT2D eigenvalue weighted by molar-refractivity contribution is 5.93. The van der Waals surface area contributed by atoms with Gasteiger partial charge in [-0.2, -0.15) is 0 Å². The Balaban J connectivity index is 1.41. The third-order valence-electron chi connectivity index (χ3n) is 7.51. The molecule has 0 unspecified atom stereocenters. The lowest BCUT2D eigenvalue weighted by molar-refractivity contribution is 0.0623. The van der Waals surface area contributed by atoms with E-state index in [9.17, 15) is 10.2 Å². The standard InChI is InChI=1S/C26H38N2O4/c1-31-20-8-4-18(5-9-20)27-15-17-3-12-22-23(26(17)30)13-14-25(29)24(22)16-28-19-6-10-21(32-2)11-7-19/h3,12-14,18-21,27-30H,4-11,15-16H2,1-2H3. The molecule has 2 aliphatic carbocycles. The lowest BCUT2D eigenvalue weighted by atomic mass is 9.92. The van der Waals surface area contributed by atoms with E-state index in [1.54, 1.807) is 20.3 Å². The minimum atomic E-state index is 0.274. The molecule has 4 rings (SSSR count). The number of rotatable bonds is 8. The van der Waals surface area contributed by atoms with Crippen molar-refractivity contribution in [1.82, 2.24) is 10.6 Å². The number of hydrogen-bond acceptors (Lipinski definition) is 6. The van der Waals surface area contributed by atoms with E-state index < -0.39 is 0 Å². The third-order valence-corrected chi connectivity index (χ3v) is 7.51. The van der Waals surface area contributed by atoms with Crippen LogP contribution in [0.4, 0.5) is 0 Å². The topological polar surface area (TPSA) is 83.0 Å². The lowest BCUT2D eigenvalue weighted by Crippen LogP contribution is -2.34. The van der Waals surface area contributed by atoms with Crippen LogP contribution in [-0.4, -0.2) is 48.7 Å². The third kappa shape index (κ3) is 5.37. The molecule has 2 aromatic rings. The first kappa shape index (κ1) is 23.3. The van der Waals surface area contributed by atoms with Crippen molar-refractivity contribution in [2.75, 3.05) is 14.2 Å². The summed E-state index contributed by atoms with van der Waals surface area (Å²) in [5, 5.41) is 30.4. The fraction of sp³-hybridized carbons (Fsp3) is 0.615. The molecule has 32 heavy (non-hydrogen) atoms. The van der Waals surface area contributed by atoms with Gasteiger partial charge in [-0.1, -0.05) is 12.1 Å². The molecule has 6 heteroatoms. The molecule has 2 aliphatic rings. The second-order valence-corrected chi connectivity index (χ2v) is 9.41. The molecule has 2 fully saturated rings. The number of benzene rings is 2. The maximum atomic E-state index is 11.0. The summed E-state index contributed by atoms with van der Waals surface area (Å²) < 4.78 is 10.9. The lowest BCUT2D eigenvalue weighted by Gasteiger charge is -2.29. The molecule has 0 bridgehead atoms. The summed E-state index contributed by atoms with van der Waals surface area (Å²) in [6.07, 6.45) is 9.43. The Labute approximate surface area is 191 Å². The number of hydrogen-bond donors (Lipinski definition) is 4. The average molecular weight is 443 g/mol. The Hall–Kier alpha value is -1.86. The van der Waals surface area contributed by atoms with Crippen LogP contribution in [0.15, 0.2) is 24.3 Å². The van der Waals surface area contributed by atoms with Gasteiger partial charge < -0.3 is 30.3 Å².